The van der Waals surface area contributed by atoms with E-state index < -0.39 is 6.10 Å². The predicted molar refractivity (Wildman–Crippen MR) is 90.7 cm³/mol. The van der Waals surface area contributed by atoms with Crippen LogP contribution in [0.2, 0.25) is 5.02 Å². The van der Waals surface area contributed by atoms with E-state index in [0.717, 1.165) is 11.1 Å². The molecule has 0 saturated carbocycles. The minimum atomic E-state index is -0.645. The van der Waals surface area contributed by atoms with Crippen LogP contribution in [0.3, 0.4) is 0 Å². The Hall–Kier alpha value is -2.51. The largest absolute Gasteiger partial charge is 0.481 e. The second kappa shape index (κ2) is 7.66. The fourth-order valence-corrected chi connectivity index (χ4v) is 2.26. The number of carbonyl (C=O) groups excluding carboxylic acids is 1. The molecule has 118 valence electrons. The zero-order valence-corrected chi connectivity index (χ0v) is 13.7. The lowest BCUT2D eigenvalue weighted by Gasteiger charge is -2.16. The molecule has 2 rings (SSSR count). The third kappa shape index (κ3) is 4.73. The van der Waals surface area contributed by atoms with E-state index in [9.17, 15) is 4.79 Å². The maximum atomic E-state index is 12.2. The molecular weight excluding hydrogens is 312 g/mol. The summed E-state index contributed by atoms with van der Waals surface area (Å²) in [6.45, 7) is 3.56. The molecule has 2 aromatic carbocycles. The molecule has 1 N–H and O–H groups in total. The number of aryl methyl sites for hydroxylation is 1. The Kier molecular flexibility index (Phi) is 5.61. The number of hydrogen-bond donors (Lipinski definition) is 1. The minimum absolute atomic E-state index is 0.243. The molecule has 23 heavy (non-hydrogen) atoms. The van der Waals surface area contributed by atoms with Gasteiger partial charge >= 0.3 is 0 Å². The molecule has 5 heteroatoms. The molecule has 0 unspecified atom stereocenters. The summed E-state index contributed by atoms with van der Waals surface area (Å²) < 4.78 is 5.68. The first-order chi connectivity index (χ1) is 11.0. The lowest BCUT2D eigenvalue weighted by molar-refractivity contribution is -0.122. The normalized spacial score (nSPS) is 11.4. The first kappa shape index (κ1) is 16.9. The molecular formula is C18H17ClN2O2. The highest BCUT2D eigenvalue weighted by Crippen LogP contribution is 2.23. The molecule has 0 spiro atoms. The predicted octanol–water partition coefficient (Wildman–Crippen LogP) is 4.12. The van der Waals surface area contributed by atoms with Crippen molar-refractivity contribution in [2.24, 2.45) is 0 Å². The van der Waals surface area contributed by atoms with Crippen molar-refractivity contribution < 1.29 is 9.53 Å². The van der Waals surface area contributed by atoms with Crippen LogP contribution in [0.5, 0.6) is 5.75 Å². The second-order valence-corrected chi connectivity index (χ2v) is 5.63. The lowest BCUT2D eigenvalue weighted by Crippen LogP contribution is -2.30. The SMILES string of the molecule is Cc1cc(Cl)ccc1O[C@@H](C)C(=O)Nc1ccc(CC#N)cc1. The fourth-order valence-electron chi connectivity index (χ4n) is 2.03. The third-order valence-electron chi connectivity index (χ3n) is 3.31. The third-order valence-corrected chi connectivity index (χ3v) is 3.55. The molecule has 0 heterocycles. The smallest absolute Gasteiger partial charge is 0.265 e. The number of nitrogens with one attached hydrogen (secondary N) is 1. The number of carbonyl (C=O) groups is 1. The van der Waals surface area contributed by atoms with Crippen molar-refractivity contribution in [1.29, 1.82) is 5.26 Å². The molecule has 0 radical (unpaired) electrons. The molecule has 0 fully saturated rings. The highest BCUT2D eigenvalue weighted by molar-refractivity contribution is 6.30. The van der Waals surface area contributed by atoms with Gasteiger partial charge < -0.3 is 10.1 Å². The maximum absolute atomic E-state index is 12.2. The van der Waals surface area contributed by atoms with E-state index in [1.54, 1.807) is 37.3 Å². The van der Waals surface area contributed by atoms with Crippen LogP contribution in [0.4, 0.5) is 5.69 Å². The number of anilines is 1. The van der Waals surface area contributed by atoms with Gasteiger partial charge in [0.2, 0.25) is 0 Å². The monoisotopic (exact) mass is 328 g/mol. The Morgan fingerprint density at radius 3 is 2.61 bits per heavy atom. The van der Waals surface area contributed by atoms with Crippen molar-refractivity contribution in [3.05, 3.63) is 58.6 Å². The Morgan fingerprint density at radius 2 is 2.00 bits per heavy atom. The van der Waals surface area contributed by atoms with E-state index in [1.165, 1.54) is 0 Å². The van der Waals surface area contributed by atoms with Gasteiger partial charge in [-0.1, -0.05) is 23.7 Å². The van der Waals surface area contributed by atoms with Crippen LogP contribution in [-0.4, -0.2) is 12.0 Å². The summed E-state index contributed by atoms with van der Waals surface area (Å²) >= 11 is 5.90. The topological polar surface area (TPSA) is 62.1 Å². The van der Waals surface area contributed by atoms with E-state index in [4.69, 9.17) is 21.6 Å². The van der Waals surface area contributed by atoms with Gasteiger partial charge in [0.25, 0.3) is 5.91 Å². The van der Waals surface area contributed by atoms with Gasteiger partial charge in [-0.2, -0.15) is 5.26 Å². The van der Waals surface area contributed by atoms with Gasteiger partial charge in [0.15, 0.2) is 6.10 Å². The fraction of sp³-hybridized carbons (Fsp3) is 0.222. The van der Waals surface area contributed by atoms with Crippen LogP contribution in [0.15, 0.2) is 42.5 Å². The Morgan fingerprint density at radius 1 is 1.30 bits per heavy atom. The van der Waals surface area contributed by atoms with Crippen LogP contribution in [0.1, 0.15) is 18.1 Å². The van der Waals surface area contributed by atoms with E-state index >= 15 is 0 Å². The van der Waals surface area contributed by atoms with Crippen molar-refractivity contribution in [2.45, 2.75) is 26.4 Å². The highest BCUT2D eigenvalue weighted by atomic mass is 35.5. The van der Waals surface area contributed by atoms with Gasteiger partial charge in [0, 0.05) is 10.7 Å². The molecule has 0 aliphatic rings. The van der Waals surface area contributed by atoms with E-state index in [2.05, 4.69) is 11.4 Å². The van der Waals surface area contributed by atoms with E-state index in [1.807, 2.05) is 19.1 Å². The molecule has 0 aliphatic carbocycles. The van der Waals surface area contributed by atoms with Gasteiger partial charge in [-0.3, -0.25) is 4.79 Å². The van der Waals surface area contributed by atoms with Gasteiger partial charge in [-0.15, -0.1) is 0 Å². The van der Waals surface area contributed by atoms with Crippen molar-refractivity contribution >= 4 is 23.2 Å². The first-order valence-electron chi connectivity index (χ1n) is 7.19. The molecule has 1 amide bonds. The number of ether oxygens (including phenoxy) is 1. The number of halogens is 1. The standard InChI is InChI=1S/C18H17ClN2O2/c1-12-11-15(19)5-8-17(12)23-13(2)18(22)21-16-6-3-14(4-7-16)9-10-20/h3-8,11,13H,9H2,1-2H3,(H,21,22)/t13-/m0/s1. The average Bonchev–Trinajstić information content (AvgIpc) is 2.52. The quantitative estimate of drug-likeness (QED) is 0.898. The Balaban J connectivity index is 1.98. The second-order valence-electron chi connectivity index (χ2n) is 5.19. The van der Waals surface area contributed by atoms with Gasteiger partial charge in [0.05, 0.1) is 12.5 Å². The van der Waals surface area contributed by atoms with Crippen molar-refractivity contribution in [2.75, 3.05) is 5.32 Å². The number of rotatable bonds is 5. The number of amides is 1. The summed E-state index contributed by atoms with van der Waals surface area (Å²) in [5.41, 5.74) is 2.45. The summed E-state index contributed by atoms with van der Waals surface area (Å²) in [6.07, 6.45) is -0.294. The maximum Gasteiger partial charge on any atom is 0.265 e. The molecule has 0 bridgehead atoms. The molecule has 2 aromatic rings. The van der Waals surface area contributed by atoms with E-state index in [0.29, 0.717) is 22.9 Å². The molecule has 0 aliphatic heterocycles. The Bertz CT molecular complexity index is 736. The number of nitriles is 1. The molecule has 0 saturated heterocycles. The van der Waals surface area contributed by atoms with Gasteiger partial charge in [-0.25, -0.2) is 0 Å². The summed E-state index contributed by atoms with van der Waals surface area (Å²) in [7, 11) is 0. The van der Waals surface area contributed by atoms with Crippen molar-refractivity contribution in [1.82, 2.24) is 0 Å². The van der Waals surface area contributed by atoms with Crippen LogP contribution in [0, 0.1) is 18.3 Å². The van der Waals surface area contributed by atoms with E-state index in [-0.39, 0.29) is 5.91 Å². The average molecular weight is 329 g/mol. The summed E-state index contributed by atoms with van der Waals surface area (Å²) in [6, 6.07) is 14.5. The lowest BCUT2D eigenvalue weighted by atomic mass is 10.1. The minimum Gasteiger partial charge on any atom is -0.481 e. The van der Waals surface area contributed by atoms with Crippen molar-refractivity contribution in [3.63, 3.8) is 0 Å². The number of nitrogens with zero attached hydrogens (tertiary/aromatic N) is 1. The van der Waals surface area contributed by atoms with Crippen LogP contribution in [-0.2, 0) is 11.2 Å². The Labute approximate surface area is 140 Å². The summed E-state index contributed by atoms with van der Waals surface area (Å²) in [5.74, 6) is 0.383. The van der Waals surface area contributed by atoms with Gasteiger partial charge in [-0.05, 0) is 55.3 Å². The zero-order chi connectivity index (χ0) is 16.8. The molecule has 1 atom stereocenters. The van der Waals surface area contributed by atoms with Gasteiger partial charge in [0.1, 0.15) is 5.75 Å². The first-order valence-corrected chi connectivity index (χ1v) is 7.57. The molecule has 0 aromatic heterocycles. The van der Waals surface area contributed by atoms with Crippen LogP contribution in [0.25, 0.3) is 0 Å². The summed E-state index contributed by atoms with van der Waals surface area (Å²) in [4.78, 5) is 12.2. The summed E-state index contributed by atoms with van der Waals surface area (Å²) in [5, 5.41) is 12.1. The zero-order valence-electron chi connectivity index (χ0n) is 13.0. The van der Waals surface area contributed by atoms with Crippen LogP contribution < -0.4 is 10.1 Å². The van der Waals surface area contributed by atoms with Crippen LogP contribution >= 0.6 is 11.6 Å². The highest BCUT2D eigenvalue weighted by Gasteiger charge is 2.16. The van der Waals surface area contributed by atoms with Crippen molar-refractivity contribution in [3.8, 4) is 11.8 Å². The number of benzene rings is 2. The number of hydrogen-bond acceptors (Lipinski definition) is 3. The molecule has 4 nitrogen and oxygen atoms in total.